The third kappa shape index (κ3) is 3.66. The number of nitrogens with one attached hydrogen (secondary N) is 1. The molecule has 2 rings (SSSR count). The van der Waals surface area contributed by atoms with E-state index in [1.807, 2.05) is 0 Å². The van der Waals surface area contributed by atoms with E-state index in [1.54, 1.807) is 19.2 Å². The van der Waals surface area contributed by atoms with Crippen molar-refractivity contribution < 1.29 is 13.5 Å². The first-order valence-electron chi connectivity index (χ1n) is 6.76. The molecule has 106 valence electrons. The second-order valence-electron chi connectivity index (χ2n) is 5.31. The third-order valence-electron chi connectivity index (χ3n) is 3.75. The molecule has 1 saturated heterocycles. The van der Waals surface area contributed by atoms with Crippen LogP contribution < -0.4 is 10.1 Å². The molecule has 1 fully saturated rings. The van der Waals surface area contributed by atoms with Gasteiger partial charge in [0.1, 0.15) is 5.75 Å². The Morgan fingerprint density at radius 2 is 2.00 bits per heavy atom. The van der Waals surface area contributed by atoms with Crippen molar-refractivity contribution in [1.29, 1.82) is 0 Å². The molecule has 1 aromatic carbocycles. The van der Waals surface area contributed by atoms with E-state index in [1.165, 1.54) is 6.07 Å². The fourth-order valence-electron chi connectivity index (χ4n) is 2.61. The molecule has 0 radical (unpaired) electrons. The molecule has 1 aromatic rings. The highest BCUT2D eigenvalue weighted by Crippen LogP contribution is 2.32. The average Bonchev–Trinajstić information content (AvgIpc) is 2.39. The molecule has 1 aliphatic rings. The van der Waals surface area contributed by atoms with Gasteiger partial charge >= 0.3 is 0 Å². The minimum absolute atomic E-state index is 0.0669. The molecule has 19 heavy (non-hydrogen) atoms. The van der Waals surface area contributed by atoms with Gasteiger partial charge in [0.15, 0.2) is 0 Å². The van der Waals surface area contributed by atoms with Crippen molar-refractivity contribution in [3.05, 3.63) is 29.3 Å². The summed E-state index contributed by atoms with van der Waals surface area (Å²) in [5.74, 6) is -1.53. The van der Waals surface area contributed by atoms with Gasteiger partial charge in [-0.1, -0.05) is 0 Å². The summed E-state index contributed by atoms with van der Waals surface area (Å²) in [4.78, 5) is 0. The van der Waals surface area contributed by atoms with E-state index in [0.29, 0.717) is 11.7 Å². The molecular formula is C15H21F2NO. The van der Waals surface area contributed by atoms with E-state index in [-0.39, 0.29) is 5.56 Å². The number of ether oxygens (including phenoxy) is 1. The molecule has 0 saturated carbocycles. The Morgan fingerprint density at radius 1 is 1.32 bits per heavy atom. The van der Waals surface area contributed by atoms with Crippen molar-refractivity contribution in [1.82, 2.24) is 5.32 Å². The number of hydrogen-bond acceptors (Lipinski definition) is 2. The number of halogens is 2. The highest BCUT2D eigenvalue weighted by Gasteiger charge is 2.26. The predicted molar refractivity (Wildman–Crippen MR) is 71.9 cm³/mol. The maximum absolute atomic E-state index is 13.4. The van der Waals surface area contributed by atoms with E-state index in [4.69, 9.17) is 4.74 Å². The van der Waals surface area contributed by atoms with Gasteiger partial charge in [0, 0.05) is 12.5 Å². The van der Waals surface area contributed by atoms with Crippen LogP contribution in [-0.4, -0.2) is 20.2 Å². The topological polar surface area (TPSA) is 21.3 Å². The Kier molecular flexibility index (Phi) is 4.40. The van der Waals surface area contributed by atoms with Gasteiger partial charge in [-0.15, -0.1) is 0 Å². The minimum atomic E-state index is -2.80. The summed E-state index contributed by atoms with van der Waals surface area (Å²) in [6.07, 6.45) is 3.00. The monoisotopic (exact) mass is 269 g/mol. The highest BCUT2D eigenvalue weighted by atomic mass is 19.3. The lowest BCUT2D eigenvalue weighted by atomic mass is 9.89. The normalized spacial score (nSPS) is 17.5. The molecular weight excluding hydrogens is 248 g/mol. The largest absolute Gasteiger partial charge is 0.496 e. The molecule has 0 atom stereocenters. The number of hydrogen-bond donors (Lipinski definition) is 1. The fourth-order valence-corrected chi connectivity index (χ4v) is 2.61. The summed E-state index contributed by atoms with van der Waals surface area (Å²) >= 11 is 0. The molecule has 4 heteroatoms. The van der Waals surface area contributed by atoms with Gasteiger partial charge in [-0.3, -0.25) is 0 Å². The molecule has 1 aliphatic heterocycles. The maximum Gasteiger partial charge on any atom is 0.270 e. The van der Waals surface area contributed by atoms with Crippen LogP contribution in [0.15, 0.2) is 18.2 Å². The molecule has 0 bridgehead atoms. The zero-order valence-corrected chi connectivity index (χ0v) is 11.5. The second kappa shape index (κ2) is 5.87. The smallest absolute Gasteiger partial charge is 0.270 e. The number of methoxy groups -OCH3 is 1. The Morgan fingerprint density at radius 3 is 2.58 bits per heavy atom. The first-order chi connectivity index (χ1) is 9.00. The lowest BCUT2D eigenvalue weighted by Crippen LogP contribution is -2.28. The minimum Gasteiger partial charge on any atom is -0.496 e. The zero-order valence-electron chi connectivity index (χ0n) is 11.5. The van der Waals surface area contributed by atoms with Gasteiger partial charge in [0.2, 0.25) is 0 Å². The molecule has 1 N–H and O–H groups in total. The quantitative estimate of drug-likeness (QED) is 0.905. The van der Waals surface area contributed by atoms with Crippen molar-refractivity contribution in [3.8, 4) is 5.75 Å². The lowest BCUT2D eigenvalue weighted by molar-refractivity contribution is 0.0173. The van der Waals surface area contributed by atoms with Crippen LogP contribution in [0.1, 0.15) is 30.9 Å². The third-order valence-corrected chi connectivity index (χ3v) is 3.75. The van der Waals surface area contributed by atoms with Crippen LogP contribution in [0.5, 0.6) is 5.75 Å². The first kappa shape index (κ1) is 14.3. The molecule has 0 spiro atoms. The number of piperidine rings is 1. The van der Waals surface area contributed by atoms with E-state index in [9.17, 15) is 8.78 Å². The standard InChI is InChI=1S/C15H21F2NO/c1-15(16,17)13-3-4-14(19-2)12(10-13)9-11-5-7-18-8-6-11/h3-4,10-11,18H,5-9H2,1-2H3. The van der Waals surface area contributed by atoms with Crippen LogP contribution in [0.3, 0.4) is 0 Å². The summed E-state index contributed by atoms with van der Waals surface area (Å²) in [6, 6.07) is 4.70. The summed E-state index contributed by atoms with van der Waals surface area (Å²) in [7, 11) is 1.59. The average molecular weight is 269 g/mol. The van der Waals surface area contributed by atoms with E-state index < -0.39 is 5.92 Å². The summed E-state index contributed by atoms with van der Waals surface area (Å²) in [6.45, 7) is 2.95. The van der Waals surface area contributed by atoms with E-state index >= 15 is 0 Å². The van der Waals surface area contributed by atoms with Crippen molar-refractivity contribution in [2.24, 2.45) is 5.92 Å². The predicted octanol–water partition coefficient (Wildman–Crippen LogP) is 3.35. The van der Waals surface area contributed by atoms with Gasteiger partial charge < -0.3 is 10.1 Å². The van der Waals surface area contributed by atoms with Crippen LogP contribution in [0.2, 0.25) is 0 Å². The van der Waals surface area contributed by atoms with Gasteiger partial charge in [0.05, 0.1) is 7.11 Å². The van der Waals surface area contributed by atoms with Crippen LogP contribution in [0.4, 0.5) is 8.78 Å². The SMILES string of the molecule is COc1ccc(C(C)(F)F)cc1CC1CCNCC1. The fraction of sp³-hybridized carbons (Fsp3) is 0.600. The van der Waals surface area contributed by atoms with Gasteiger partial charge in [-0.2, -0.15) is 0 Å². The molecule has 2 nitrogen and oxygen atoms in total. The Labute approximate surface area is 113 Å². The van der Waals surface area contributed by atoms with Crippen LogP contribution in [-0.2, 0) is 12.3 Å². The maximum atomic E-state index is 13.4. The Bertz CT molecular complexity index is 423. The molecule has 0 amide bonds. The number of rotatable bonds is 4. The summed E-state index contributed by atoms with van der Waals surface area (Å²) < 4.78 is 32.1. The van der Waals surface area contributed by atoms with Crippen LogP contribution in [0, 0.1) is 5.92 Å². The van der Waals surface area contributed by atoms with E-state index in [2.05, 4.69) is 5.32 Å². The van der Waals surface area contributed by atoms with Crippen molar-refractivity contribution in [2.45, 2.75) is 32.1 Å². The summed E-state index contributed by atoms with van der Waals surface area (Å²) in [5, 5.41) is 3.31. The second-order valence-corrected chi connectivity index (χ2v) is 5.31. The van der Waals surface area contributed by atoms with Crippen LogP contribution >= 0.6 is 0 Å². The summed E-state index contributed by atoms with van der Waals surface area (Å²) in [5.41, 5.74) is 0.964. The first-order valence-corrected chi connectivity index (χ1v) is 6.76. The van der Waals surface area contributed by atoms with Gasteiger partial charge in [-0.05, 0) is 62.0 Å². The molecule has 0 aliphatic carbocycles. The van der Waals surface area contributed by atoms with Crippen molar-refractivity contribution in [2.75, 3.05) is 20.2 Å². The number of alkyl halides is 2. The zero-order chi connectivity index (χ0) is 13.9. The Hall–Kier alpha value is -1.16. The van der Waals surface area contributed by atoms with E-state index in [0.717, 1.165) is 44.8 Å². The van der Waals surface area contributed by atoms with Crippen molar-refractivity contribution in [3.63, 3.8) is 0 Å². The highest BCUT2D eigenvalue weighted by molar-refractivity contribution is 5.39. The molecule has 1 heterocycles. The van der Waals surface area contributed by atoms with Crippen LogP contribution in [0.25, 0.3) is 0 Å². The lowest BCUT2D eigenvalue weighted by Gasteiger charge is -2.24. The van der Waals surface area contributed by atoms with Crippen molar-refractivity contribution >= 4 is 0 Å². The van der Waals surface area contributed by atoms with Gasteiger partial charge in [0.25, 0.3) is 5.92 Å². The molecule has 0 aromatic heterocycles. The van der Waals surface area contributed by atoms with Gasteiger partial charge in [-0.25, -0.2) is 8.78 Å². The molecule has 0 unspecified atom stereocenters. The number of benzene rings is 1. The Balaban J connectivity index is 2.20.